The molecule has 0 spiro atoms. The number of rotatable bonds is 14. The van der Waals surface area contributed by atoms with Crippen molar-refractivity contribution in [2.75, 3.05) is 7.11 Å². The van der Waals surface area contributed by atoms with Gasteiger partial charge in [0.25, 0.3) is 0 Å². The predicted molar refractivity (Wildman–Crippen MR) is 141 cm³/mol. The second kappa shape index (κ2) is 15.6. The Bertz CT molecular complexity index is 1130. The Morgan fingerprint density at radius 2 is 1.82 bits per heavy atom. The van der Waals surface area contributed by atoms with Gasteiger partial charge in [-0.2, -0.15) is 0 Å². The van der Waals surface area contributed by atoms with E-state index in [1.165, 1.54) is 19.2 Å². The van der Waals surface area contributed by atoms with Crippen molar-refractivity contribution in [1.82, 2.24) is 31.1 Å². The molecule has 1 aliphatic carbocycles. The zero-order valence-electron chi connectivity index (χ0n) is 22.7. The molecule has 1 aromatic carbocycles. The summed E-state index contributed by atoms with van der Waals surface area (Å²) in [7, 11) is 1.25. The number of aromatic hydroxyl groups is 1. The Kier molecular flexibility index (Phi) is 11.9. The van der Waals surface area contributed by atoms with E-state index in [9.17, 15) is 24.3 Å². The molecule has 13 nitrogen and oxygen atoms in total. The molecule has 0 radical (unpaired) electrons. The standard InChI is InChI=1S/C27H38N6O7/c1-40-27(38)23(14-18-9-11-21(34)12-10-18)29-24(35)8-5-13-33-17-20(30-32-33)16-28-26(37)22(15-25(36)31-39)19-6-3-2-4-7-19/h9-12,17,19,22-23,34,39H,2-8,13-16H2,1H3,(H,28,37)(H,29,35)(H,31,36)/t22?,23-/m0/s1. The second-order valence-corrected chi connectivity index (χ2v) is 10.1. The van der Waals surface area contributed by atoms with Gasteiger partial charge in [0.1, 0.15) is 17.5 Å². The maximum atomic E-state index is 12.9. The molecule has 1 aliphatic rings. The van der Waals surface area contributed by atoms with E-state index in [-0.39, 0.29) is 49.3 Å². The van der Waals surface area contributed by atoms with E-state index >= 15 is 0 Å². The molecule has 5 N–H and O–H groups in total. The number of aromatic nitrogens is 3. The number of methoxy groups -OCH3 is 1. The van der Waals surface area contributed by atoms with Crippen LogP contribution in [0.1, 0.15) is 62.6 Å². The van der Waals surface area contributed by atoms with Crippen LogP contribution in [0.15, 0.2) is 30.5 Å². The summed E-state index contributed by atoms with van der Waals surface area (Å²) in [5.41, 5.74) is 2.92. The first kappa shape index (κ1) is 30.5. The molecular formula is C27H38N6O7. The van der Waals surface area contributed by atoms with Gasteiger partial charge in [-0.05, 0) is 42.9 Å². The van der Waals surface area contributed by atoms with Crippen molar-refractivity contribution >= 4 is 23.7 Å². The third-order valence-electron chi connectivity index (χ3n) is 7.10. The Morgan fingerprint density at radius 3 is 2.50 bits per heavy atom. The molecule has 3 rings (SSSR count). The molecule has 0 saturated heterocycles. The molecule has 0 bridgehead atoms. The maximum Gasteiger partial charge on any atom is 0.328 e. The van der Waals surface area contributed by atoms with Gasteiger partial charge in [0, 0.05) is 31.7 Å². The van der Waals surface area contributed by atoms with Crippen molar-refractivity contribution in [3.05, 3.63) is 41.7 Å². The highest BCUT2D eigenvalue weighted by molar-refractivity contribution is 5.85. The molecule has 1 fully saturated rings. The summed E-state index contributed by atoms with van der Waals surface area (Å²) in [4.78, 5) is 49.3. The molecule has 1 unspecified atom stereocenters. The van der Waals surface area contributed by atoms with Crippen LogP contribution in [0.4, 0.5) is 0 Å². The Hall–Kier alpha value is -4.00. The fourth-order valence-corrected chi connectivity index (χ4v) is 4.96. The Balaban J connectivity index is 1.45. The number of carbonyl (C=O) groups excluding carboxylic acids is 4. The lowest BCUT2D eigenvalue weighted by Crippen LogP contribution is -2.43. The van der Waals surface area contributed by atoms with Crippen molar-refractivity contribution < 1.29 is 34.2 Å². The number of hydrogen-bond acceptors (Lipinski definition) is 9. The zero-order chi connectivity index (χ0) is 28.9. The number of phenolic OH excluding ortho intramolecular Hbond substituents is 1. The van der Waals surface area contributed by atoms with E-state index in [1.54, 1.807) is 28.5 Å². The number of phenols is 1. The van der Waals surface area contributed by atoms with Crippen LogP contribution in [0.3, 0.4) is 0 Å². The molecule has 1 heterocycles. The number of carbonyl (C=O) groups is 4. The van der Waals surface area contributed by atoms with Gasteiger partial charge in [0.15, 0.2) is 0 Å². The number of aryl methyl sites for hydroxylation is 1. The van der Waals surface area contributed by atoms with Gasteiger partial charge in [0.05, 0.1) is 19.9 Å². The molecule has 2 atom stereocenters. The first-order valence-corrected chi connectivity index (χ1v) is 13.5. The monoisotopic (exact) mass is 558 g/mol. The summed E-state index contributed by atoms with van der Waals surface area (Å²) in [5, 5.41) is 32.0. The number of nitrogens with one attached hydrogen (secondary N) is 3. The fourth-order valence-electron chi connectivity index (χ4n) is 4.96. The average Bonchev–Trinajstić information content (AvgIpc) is 3.42. The smallest absolute Gasteiger partial charge is 0.328 e. The quantitative estimate of drug-likeness (QED) is 0.130. The number of esters is 1. The van der Waals surface area contributed by atoms with E-state index in [0.717, 1.165) is 37.7 Å². The van der Waals surface area contributed by atoms with Crippen LogP contribution < -0.4 is 16.1 Å². The van der Waals surface area contributed by atoms with Crippen molar-refractivity contribution in [3.63, 3.8) is 0 Å². The topological polar surface area (TPSA) is 185 Å². The Morgan fingerprint density at radius 1 is 1.10 bits per heavy atom. The van der Waals surface area contributed by atoms with Gasteiger partial charge in [-0.25, -0.2) is 10.3 Å². The number of hydrogen-bond donors (Lipinski definition) is 5. The number of benzene rings is 1. The molecule has 13 heteroatoms. The van der Waals surface area contributed by atoms with Gasteiger partial charge >= 0.3 is 5.97 Å². The molecule has 1 saturated carbocycles. The first-order chi connectivity index (χ1) is 19.3. The number of ether oxygens (including phenoxy) is 1. The van der Waals surface area contributed by atoms with Crippen molar-refractivity contribution in [2.24, 2.45) is 11.8 Å². The van der Waals surface area contributed by atoms with Gasteiger partial charge in [0.2, 0.25) is 17.7 Å². The van der Waals surface area contributed by atoms with Crippen molar-refractivity contribution in [1.29, 1.82) is 0 Å². The highest BCUT2D eigenvalue weighted by atomic mass is 16.5. The third-order valence-corrected chi connectivity index (χ3v) is 7.10. The normalized spacial score (nSPS) is 15.1. The molecule has 2 aromatic rings. The van der Waals surface area contributed by atoms with E-state index in [4.69, 9.17) is 9.94 Å². The SMILES string of the molecule is COC(=O)[C@H](Cc1ccc(O)cc1)NC(=O)CCCn1cc(CNC(=O)C(CC(=O)NO)C2CCCCC2)nn1. The summed E-state index contributed by atoms with van der Waals surface area (Å²) < 4.78 is 6.38. The van der Waals surface area contributed by atoms with Crippen molar-refractivity contribution in [2.45, 2.75) is 76.9 Å². The van der Waals surface area contributed by atoms with Crippen LogP contribution >= 0.6 is 0 Å². The average molecular weight is 559 g/mol. The second-order valence-electron chi connectivity index (χ2n) is 10.1. The first-order valence-electron chi connectivity index (χ1n) is 13.5. The molecule has 1 aromatic heterocycles. The minimum Gasteiger partial charge on any atom is -0.508 e. The Labute approximate surface area is 232 Å². The predicted octanol–water partition coefficient (Wildman–Crippen LogP) is 1.37. The molecule has 3 amide bonds. The fraction of sp³-hybridized carbons (Fsp3) is 0.556. The number of hydroxylamine groups is 1. The summed E-state index contributed by atoms with van der Waals surface area (Å²) in [6, 6.07) is 5.50. The molecule has 218 valence electrons. The van der Waals surface area contributed by atoms with Crippen LogP contribution in [0.5, 0.6) is 5.75 Å². The van der Waals surface area contributed by atoms with Crippen LogP contribution in [0, 0.1) is 11.8 Å². The number of nitrogens with zero attached hydrogens (tertiary/aromatic N) is 3. The highest BCUT2D eigenvalue weighted by Crippen LogP contribution is 2.32. The van der Waals surface area contributed by atoms with Gasteiger partial charge in [-0.3, -0.25) is 24.3 Å². The van der Waals surface area contributed by atoms with Gasteiger partial charge in [-0.1, -0.05) is 36.6 Å². The summed E-state index contributed by atoms with van der Waals surface area (Å²) in [6.07, 6.45) is 7.31. The molecular weight excluding hydrogens is 520 g/mol. The van der Waals surface area contributed by atoms with Gasteiger partial charge in [-0.15, -0.1) is 5.10 Å². The molecule has 40 heavy (non-hydrogen) atoms. The maximum absolute atomic E-state index is 12.9. The van der Waals surface area contributed by atoms with Gasteiger partial charge < -0.3 is 20.5 Å². The van der Waals surface area contributed by atoms with Crippen LogP contribution in [0.2, 0.25) is 0 Å². The van der Waals surface area contributed by atoms with E-state index in [1.807, 2.05) is 0 Å². The lowest BCUT2D eigenvalue weighted by molar-refractivity contribution is -0.145. The summed E-state index contributed by atoms with van der Waals surface area (Å²) in [5.74, 6) is -2.05. The lowest BCUT2D eigenvalue weighted by Gasteiger charge is -2.28. The van der Waals surface area contributed by atoms with E-state index in [0.29, 0.717) is 18.7 Å². The zero-order valence-corrected chi connectivity index (χ0v) is 22.7. The largest absolute Gasteiger partial charge is 0.508 e. The molecule has 0 aliphatic heterocycles. The number of amides is 3. The van der Waals surface area contributed by atoms with Crippen LogP contribution in [-0.2, 0) is 43.4 Å². The van der Waals surface area contributed by atoms with Crippen LogP contribution in [0.25, 0.3) is 0 Å². The highest BCUT2D eigenvalue weighted by Gasteiger charge is 2.31. The van der Waals surface area contributed by atoms with Crippen molar-refractivity contribution in [3.8, 4) is 5.75 Å². The lowest BCUT2D eigenvalue weighted by atomic mass is 9.78. The minimum atomic E-state index is -0.857. The third kappa shape index (κ3) is 9.63. The minimum absolute atomic E-state index is 0.0759. The van der Waals surface area contributed by atoms with E-state index < -0.39 is 23.8 Å². The van der Waals surface area contributed by atoms with E-state index in [2.05, 4.69) is 20.9 Å². The summed E-state index contributed by atoms with van der Waals surface area (Å²) in [6.45, 7) is 0.540. The van der Waals surface area contributed by atoms with Crippen LogP contribution in [-0.4, -0.2) is 62.2 Å². The summed E-state index contributed by atoms with van der Waals surface area (Å²) >= 11 is 0.